The molecule has 4 aromatic carbocycles. The normalized spacial score (nSPS) is 10.6. The standard InChI is InChI=1S/C24H20O2/c1-3-7-19(8-4-1)17-25-23-13-11-22-16-24(14-12-21(22)15-23)26-18-20-9-5-2-6-10-20/h1-16H,17-18H2. The Hall–Kier alpha value is -3.26. The zero-order valence-electron chi connectivity index (χ0n) is 14.5. The molecule has 0 aliphatic heterocycles. The van der Waals surface area contributed by atoms with Gasteiger partial charge in [-0.2, -0.15) is 0 Å². The van der Waals surface area contributed by atoms with Gasteiger partial charge in [0, 0.05) is 0 Å². The van der Waals surface area contributed by atoms with Crippen LogP contribution in [0.15, 0.2) is 97.1 Å². The van der Waals surface area contributed by atoms with Crippen molar-refractivity contribution < 1.29 is 9.47 Å². The van der Waals surface area contributed by atoms with E-state index >= 15 is 0 Å². The summed E-state index contributed by atoms with van der Waals surface area (Å²) in [7, 11) is 0. The first-order valence-corrected chi connectivity index (χ1v) is 8.74. The lowest BCUT2D eigenvalue weighted by atomic mass is 10.1. The van der Waals surface area contributed by atoms with Gasteiger partial charge in [-0.25, -0.2) is 0 Å². The van der Waals surface area contributed by atoms with Crippen molar-refractivity contribution >= 4 is 10.8 Å². The van der Waals surface area contributed by atoms with E-state index < -0.39 is 0 Å². The van der Waals surface area contributed by atoms with Crippen molar-refractivity contribution in [2.75, 3.05) is 0 Å². The molecular weight excluding hydrogens is 320 g/mol. The summed E-state index contributed by atoms with van der Waals surface area (Å²) in [5.41, 5.74) is 2.33. The number of benzene rings is 4. The Morgan fingerprint density at radius 1 is 0.462 bits per heavy atom. The van der Waals surface area contributed by atoms with Crippen molar-refractivity contribution in [1.29, 1.82) is 0 Å². The van der Waals surface area contributed by atoms with Crippen LogP contribution < -0.4 is 9.47 Å². The lowest BCUT2D eigenvalue weighted by Gasteiger charge is -2.10. The molecule has 128 valence electrons. The Balaban J connectivity index is 1.44. The van der Waals surface area contributed by atoms with Gasteiger partial charge in [0.1, 0.15) is 24.7 Å². The summed E-state index contributed by atoms with van der Waals surface area (Å²) in [5, 5.41) is 2.28. The van der Waals surface area contributed by atoms with E-state index in [-0.39, 0.29) is 0 Å². The SMILES string of the molecule is c1ccc(COc2ccc3cc(OCc4ccccc4)ccc3c2)cc1. The fourth-order valence-electron chi connectivity index (χ4n) is 2.86. The van der Waals surface area contributed by atoms with Crippen LogP contribution in [0.25, 0.3) is 10.8 Å². The molecule has 0 aromatic heterocycles. The Bertz CT molecular complexity index is 896. The molecule has 2 heteroatoms. The minimum Gasteiger partial charge on any atom is -0.489 e. The molecule has 0 spiro atoms. The second-order valence-electron chi connectivity index (χ2n) is 6.22. The number of hydrogen-bond acceptors (Lipinski definition) is 2. The molecule has 4 rings (SSSR count). The molecule has 4 aromatic rings. The van der Waals surface area contributed by atoms with E-state index in [2.05, 4.69) is 48.5 Å². The van der Waals surface area contributed by atoms with E-state index in [4.69, 9.17) is 9.47 Å². The van der Waals surface area contributed by atoms with Crippen molar-refractivity contribution in [3.8, 4) is 11.5 Å². The Labute approximate surface area is 153 Å². The third-order valence-corrected chi connectivity index (χ3v) is 4.28. The van der Waals surface area contributed by atoms with Crippen molar-refractivity contribution in [3.05, 3.63) is 108 Å². The number of ether oxygens (including phenoxy) is 2. The first-order valence-electron chi connectivity index (χ1n) is 8.74. The van der Waals surface area contributed by atoms with Crippen molar-refractivity contribution in [3.63, 3.8) is 0 Å². The van der Waals surface area contributed by atoms with Crippen LogP contribution in [0.1, 0.15) is 11.1 Å². The predicted octanol–water partition coefficient (Wildman–Crippen LogP) is 6.00. The quantitative estimate of drug-likeness (QED) is 0.429. The first kappa shape index (κ1) is 16.2. The second-order valence-corrected chi connectivity index (χ2v) is 6.22. The third kappa shape index (κ3) is 4.04. The number of rotatable bonds is 6. The van der Waals surface area contributed by atoms with E-state index in [0.29, 0.717) is 13.2 Å². The molecule has 0 bridgehead atoms. The van der Waals surface area contributed by atoms with Crippen LogP contribution in [-0.2, 0) is 13.2 Å². The molecule has 2 nitrogen and oxygen atoms in total. The van der Waals surface area contributed by atoms with Crippen LogP contribution in [0.5, 0.6) is 11.5 Å². The van der Waals surface area contributed by atoms with Crippen LogP contribution in [0.2, 0.25) is 0 Å². The zero-order valence-corrected chi connectivity index (χ0v) is 14.5. The molecule has 0 heterocycles. The van der Waals surface area contributed by atoms with Crippen LogP contribution in [0.3, 0.4) is 0 Å². The molecule has 0 saturated heterocycles. The van der Waals surface area contributed by atoms with E-state index in [1.165, 1.54) is 0 Å². The molecule has 0 saturated carbocycles. The maximum atomic E-state index is 5.90. The van der Waals surface area contributed by atoms with Gasteiger partial charge in [0.05, 0.1) is 0 Å². The van der Waals surface area contributed by atoms with E-state index in [1.807, 2.05) is 48.5 Å². The summed E-state index contributed by atoms with van der Waals surface area (Å²) in [6.07, 6.45) is 0. The average molecular weight is 340 g/mol. The predicted molar refractivity (Wildman–Crippen MR) is 105 cm³/mol. The van der Waals surface area contributed by atoms with Gasteiger partial charge in [-0.3, -0.25) is 0 Å². The molecule has 0 fully saturated rings. The first-order chi connectivity index (χ1) is 12.9. The van der Waals surface area contributed by atoms with E-state index in [0.717, 1.165) is 33.4 Å². The van der Waals surface area contributed by atoms with Crippen molar-refractivity contribution in [2.24, 2.45) is 0 Å². The second kappa shape index (κ2) is 7.75. The summed E-state index contributed by atoms with van der Waals surface area (Å²) >= 11 is 0. The molecule has 26 heavy (non-hydrogen) atoms. The summed E-state index contributed by atoms with van der Waals surface area (Å²) in [4.78, 5) is 0. The Morgan fingerprint density at radius 2 is 0.885 bits per heavy atom. The summed E-state index contributed by atoms with van der Waals surface area (Å²) < 4.78 is 11.8. The van der Waals surface area contributed by atoms with Gasteiger partial charge in [0.25, 0.3) is 0 Å². The fraction of sp³-hybridized carbons (Fsp3) is 0.0833. The maximum Gasteiger partial charge on any atom is 0.120 e. The highest BCUT2D eigenvalue weighted by Gasteiger charge is 2.02. The highest BCUT2D eigenvalue weighted by molar-refractivity contribution is 5.85. The minimum atomic E-state index is 0.574. The molecule has 0 amide bonds. The van der Waals surface area contributed by atoms with Crippen LogP contribution >= 0.6 is 0 Å². The van der Waals surface area contributed by atoms with Crippen molar-refractivity contribution in [2.45, 2.75) is 13.2 Å². The summed E-state index contributed by atoms with van der Waals surface area (Å²) in [6, 6.07) is 32.7. The van der Waals surface area contributed by atoms with Gasteiger partial charge in [0.2, 0.25) is 0 Å². The zero-order chi connectivity index (χ0) is 17.6. The minimum absolute atomic E-state index is 0.574. The fourth-order valence-corrected chi connectivity index (χ4v) is 2.86. The Morgan fingerprint density at radius 3 is 1.31 bits per heavy atom. The third-order valence-electron chi connectivity index (χ3n) is 4.28. The average Bonchev–Trinajstić information content (AvgIpc) is 2.72. The molecule has 0 aliphatic rings. The molecule has 0 radical (unpaired) electrons. The van der Waals surface area contributed by atoms with Crippen LogP contribution in [-0.4, -0.2) is 0 Å². The maximum absolute atomic E-state index is 5.90. The summed E-state index contributed by atoms with van der Waals surface area (Å²) in [6.45, 7) is 1.15. The number of hydrogen-bond donors (Lipinski definition) is 0. The van der Waals surface area contributed by atoms with E-state index in [1.54, 1.807) is 0 Å². The van der Waals surface area contributed by atoms with Crippen LogP contribution in [0.4, 0.5) is 0 Å². The van der Waals surface area contributed by atoms with Gasteiger partial charge in [0.15, 0.2) is 0 Å². The lowest BCUT2D eigenvalue weighted by Crippen LogP contribution is -1.96. The van der Waals surface area contributed by atoms with Gasteiger partial charge in [-0.15, -0.1) is 0 Å². The monoisotopic (exact) mass is 340 g/mol. The molecule has 0 aliphatic carbocycles. The highest BCUT2D eigenvalue weighted by Crippen LogP contribution is 2.26. The topological polar surface area (TPSA) is 18.5 Å². The van der Waals surface area contributed by atoms with E-state index in [9.17, 15) is 0 Å². The highest BCUT2D eigenvalue weighted by atomic mass is 16.5. The van der Waals surface area contributed by atoms with Gasteiger partial charge in [-0.05, 0) is 46.2 Å². The Kier molecular flexibility index (Phi) is 4.83. The van der Waals surface area contributed by atoms with Gasteiger partial charge >= 0.3 is 0 Å². The smallest absolute Gasteiger partial charge is 0.120 e. The number of fused-ring (bicyclic) bond motifs is 1. The van der Waals surface area contributed by atoms with Crippen LogP contribution in [0, 0.1) is 0 Å². The van der Waals surface area contributed by atoms with Crippen molar-refractivity contribution in [1.82, 2.24) is 0 Å². The molecule has 0 N–H and O–H groups in total. The molecule has 0 atom stereocenters. The van der Waals surface area contributed by atoms with Gasteiger partial charge in [-0.1, -0.05) is 72.8 Å². The van der Waals surface area contributed by atoms with Gasteiger partial charge < -0.3 is 9.47 Å². The molecular formula is C24H20O2. The summed E-state index contributed by atoms with van der Waals surface area (Å²) in [5.74, 6) is 1.75. The lowest BCUT2D eigenvalue weighted by molar-refractivity contribution is 0.306. The molecule has 0 unspecified atom stereocenters. The largest absolute Gasteiger partial charge is 0.489 e.